The second-order valence-electron chi connectivity index (χ2n) is 3.95. The van der Waals surface area contributed by atoms with E-state index in [-0.39, 0.29) is 12.5 Å². The monoisotopic (exact) mass is 308 g/mol. The van der Waals surface area contributed by atoms with Crippen LogP contribution in [0.5, 0.6) is 0 Å². The molecule has 0 fully saturated rings. The molecule has 0 aliphatic heterocycles. The van der Waals surface area contributed by atoms with Gasteiger partial charge in [0.15, 0.2) is 0 Å². The summed E-state index contributed by atoms with van der Waals surface area (Å²) in [6.07, 6.45) is 1.75. The van der Waals surface area contributed by atoms with Crippen molar-refractivity contribution in [2.24, 2.45) is 0 Å². The summed E-state index contributed by atoms with van der Waals surface area (Å²) in [6.45, 7) is 2.00. The van der Waals surface area contributed by atoms with Crippen LogP contribution in [0.2, 0.25) is 0 Å². The first-order valence-corrected chi connectivity index (χ1v) is 6.19. The van der Waals surface area contributed by atoms with Gasteiger partial charge in [0.05, 0.1) is 0 Å². The lowest BCUT2D eigenvalue weighted by atomic mass is 10.3. The second kappa shape index (κ2) is 5.22. The molecule has 2 aromatic rings. The summed E-state index contributed by atoms with van der Waals surface area (Å²) in [6, 6.07) is 7.41. The molecule has 0 spiro atoms. The molecule has 0 aliphatic rings. The molecular weight excluding hydrogens is 296 g/mol. The van der Waals surface area contributed by atoms with Crippen molar-refractivity contribution in [2.75, 3.05) is 11.1 Å². The largest absolute Gasteiger partial charge is 0.382 e. The lowest BCUT2D eigenvalue weighted by Crippen LogP contribution is -2.19. The van der Waals surface area contributed by atoms with Crippen LogP contribution in [-0.4, -0.2) is 15.7 Å². The molecule has 0 saturated heterocycles. The predicted octanol–water partition coefficient (Wildman–Crippen LogP) is 2.17. The molecule has 1 heterocycles. The van der Waals surface area contributed by atoms with Gasteiger partial charge in [-0.05, 0) is 25.1 Å². The number of aromatic nitrogens is 2. The number of halogens is 1. The number of carbonyl (C=O) groups excluding carboxylic acids is 1. The van der Waals surface area contributed by atoms with Crippen LogP contribution < -0.4 is 11.1 Å². The molecule has 3 N–H and O–H groups in total. The predicted molar refractivity (Wildman–Crippen MR) is 74.1 cm³/mol. The van der Waals surface area contributed by atoms with E-state index in [1.807, 2.05) is 31.2 Å². The number of benzene rings is 1. The summed E-state index contributed by atoms with van der Waals surface area (Å²) in [5.74, 6) is 0.306. The Labute approximate surface area is 113 Å². The van der Waals surface area contributed by atoms with Crippen molar-refractivity contribution in [3.05, 3.63) is 40.5 Å². The van der Waals surface area contributed by atoms with Gasteiger partial charge in [-0.2, -0.15) is 5.10 Å². The number of carbonyl (C=O) groups is 1. The zero-order valence-electron chi connectivity index (χ0n) is 9.85. The number of anilines is 2. The van der Waals surface area contributed by atoms with Gasteiger partial charge in [-0.3, -0.25) is 9.48 Å². The number of nitrogens with two attached hydrogens (primary N) is 1. The van der Waals surface area contributed by atoms with E-state index in [1.54, 1.807) is 6.20 Å². The van der Waals surface area contributed by atoms with Crippen LogP contribution in [0.25, 0.3) is 0 Å². The van der Waals surface area contributed by atoms with Crippen LogP contribution in [0, 0.1) is 6.92 Å². The van der Waals surface area contributed by atoms with Crippen LogP contribution in [-0.2, 0) is 11.3 Å². The molecule has 0 atom stereocenters. The van der Waals surface area contributed by atoms with Gasteiger partial charge in [0, 0.05) is 21.9 Å². The van der Waals surface area contributed by atoms with Crippen LogP contribution >= 0.6 is 15.9 Å². The lowest BCUT2D eigenvalue weighted by molar-refractivity contribution is -0.116. The van der Waals surface area contributed by atoms with E-state index in [9.17, 15) is 4.79 Å². The van der Waals surface area contributed by atoms with E-state index < -0.39 is 0 Å². The molecule has 18 heavy (non-hydrogen) atoms. The maximum atomic E-state index is 11.8. The minimum absolute atomic E-state index is 0.143. The molecule has 5 nitrogen and oxygen atoms in total. The highest BCUT2D eigenvalue weighted by molar-refractivity contribution is 9.10. The van der Waals surface area contributed by atoms with Gasteiger partial charge in [0.25, 0.3) is 0 Å². The normalized spacial score (nSPS) is 10.3. The van der Waals surface area contributed by atoms with Gasteiger partial charge < -0.3 is 11.1 Å². The van der Waals surface area contributed by atoms with Crippen LogP contribution in [0.3, 0.4) is 0 Å². The SMILES string of the molecule is Cc1cn(CC(=O)Nc2cccc(Br)c2)nc1N. The van der Waals surface area contributed by atoms with E-state index in [2.05, 4.69) is 26.3 Å². The average molecular weight is 309 g/mol. The summed E-state index contributed by atoms with van der Waals surface area (Å²) < 4.78 is 2.44. The number of hydrogen-bond acceptors (Lipinski definition) is 3. The number of nitrogens with zero attached hydrogens (tertiary/aromatic N) is 2. The van der Waals surface area contributed by atoms with E-state index in [0.29, 0.717) is 5.82 Å². The molecular formula is C12H13BrN4O. The van der Waals surface area contributed by atoms with Crippen molar-refractivity contribution < 1.29 is 4.79 Å². The average Bonchev–Trinajstić information content (AvgIpc) is 2.57. The van der Waals surface area contributed by atoms with Crippen LogP contribution in [0.15, 0.2) is 34.9 Å². The van der Waals surface area contributed by atoms with Crippen molar-refractivity contribution in [3.8, 4) is 0 Å². The first kappa shape index (κ1) is 12.6. The van der Waals surface area contributed by atoms with E-state index in [1.165, 1.54) is 4.68 Å². The summed E-state index contributed by atoms with van der Waals surface area (Å²) in [4.78, 5) is 11.8. The molecule has 1 aromatic heterocycles. The van der Waals surface area contributed by atoms with Crippen molar-refractivity contribution in [3.63, 3.8) is 0 Å². The Morgan fingerprint density at radius 2 is 2.33 bits per heavy atom. The zero-order chi connectivity index (χ0) is 13.1. The second-order valence-corrected chi connectivity index (χ2v) is 4.87. The van der Waals surface area contributed by atoms with Gasteiger partial charge in [-0.1, -0.05) is 22.0 Å². The van der Waals surface area contributed by atoms with Gasteiger partial charge in [-0.15, -0.1) is 0 Å². The van der Waals surface area contributed by atoms with Gasteiger partial charge >= 0.3 is 0 Å². The number of aryl methyl sites for hydroxylation is 1. The third-order valence-electron chi connectivity index (χ3n) is 2.40. The molecule has 0 radical (unpaired) electrons. The first-order valence-electron chi connectivity index (χ1n) is 5.39. The summed E-state index contributed by atoms with van der Waals surface area (Å²) in [5.41, 5.74) is 7.23. The fourth-order valence-electron chi connectivity index (χ4n) is 1.53. The molecule has 0 aliphatic carbocycles. The summed E-state index contributed by atoms with van der Waals surface area (Å²) in [5, 5.41) is 6.82. The quantitative estimate of drug-likeness (QED) is 0.912. The smallest absolute Gasteiger partial charge is 0.246 e. The van der Waals surface area contributed by atoms with E-state index in [4.69, 9.17) is 5.73 Å². The molecule has 94 valence electrons. The minimum Gasteiger partial charge on any atom is -0.382 e. The standard InChI is InChI=1S/C12H13BrN4O/c1-8-6-17(16-12(8)14)7-11(18)15-10-4-2-3-9(13)5-10/h2-6H,7H2,1H3,(H2,14,16)(H,15,18). The van der Waals surface area contributed by atoms with Crippen molar-refractivity contribution >= 4 is 33.3 Å². The molecule has 0 saturated carbocycles. The van der Waals surface area contributed by atoms with Crippen molar-refractivity contribution in [1.29, 1.82) is 0 Å². The van der Waals surface area contributed by atoms with Crippen LogP contribution in [0.1, 0.15) is 5.56 Å². The third-order valence-corrected chi connectivity index (χ3v) is 2.89. The third kappa shape index (κ3) is 3.10. The van der Waals surface area contributed by atoms with Crippen molar-refractivity contribution in [1.82, 2.24) is 9.78 Å². The van der Waals surface area contributed by atoms with Gasteiger partial charge in [0.1, 0.15) is 12.4 Å². The Bertz CT molecular complexity index is 560. The van der Waals surface area contributed by atoms with Crippen molar-refractivity contribution in [2.45, 2.75) is 13.5 Å². The number of nitrogens with one attached hydrogen (secondary N) is 1. The summed E-state index contributed by atoms with van der Waals surface area (Å²) in [7, 11) is 0. The molecule has 0 unspecified atom stereocenters. The summed E-state index contributed by atoms with van der Waals surface area (Å²) >= 11 is 3.35. The van der Waals surface area contributed by atoms with Crippen LogP contribution in [0.4, 0.5) is 11.5 Å². The lowest BCUT2D eigenvalue weighted by Gasteiger charge is -2.05. The topological polar surface area (TPSA) is 72.9 Å². The highest BCUT2D eigenvalue weighted by Crippen LogP contribution is 2.15. The Morgan fingerprint density at radius 1 is 1.56 bits per heavy atom. The molecule has 6 heteroatoms. The number of hydrogen-bond donors (Lipinski definition) is 2. The minimum atomic E-state index is -0.143. The Hall–Kier alpha value is -1.82. The molecule has 2 rings (SSSR count). The number of amides is 1. The maximum Gasteiger partial charge on any atom is 0.246 e. The Kier molecular flexibility index (Phi) is 3.66. The fraction of sp³-hybridized carbons (Fsp3) is 0.167. The highest BCUT2D eigenvalue weighted by Gasteiger charge is 2.06. The number of nitrogen functional groups attached to an aromatic ring is 1. The molecule has 1 amide bonds. The molecule has 0 bridgehead atoms. The Balaban J connectivity index is 2.01. The number of rotatable bonds is 3. The fourth-order valence-corrected chi connectivity index (χ4v) is 1.93. The van der Waals surface area contributed by atoms with Gasteiger partial charge in [0.2, 0.25) is 5.91 Å². The van der Waals surface area contributed by atoms with E-state index in [0.717, 1.165) is 15.7 Å². The first-order chi connectivity index (χ1) is 8.54. The molecule has 1 aromatic carbocycles. The maximum absolute atomic E-state index is 11.8. The van der Waals surface area contributed by atoms with E-state index >= 15 is 0 Å². The van der Waals surface area contributed by atoms with Gasteiger partial charge in [-0.25, -0.2) is 0 Å². The zero-order valence-corrected chi connectivity index (χ0v) is 11.4. The highest BCUT2D eigenvalue weighted by atomic mass is 79.9. The Morgan fingerprint density at radius 3 is 2.94 bits per heavy atom.